The molecule has 0 unspecified atom stereocenters. The fourth-order valence-electron chi connectivity index (χ4n) is 4.37. The number of rotatable bonds is 10. The van der Waals surface area contributed by atoms with E-state index in [-0.39, 0.29) is 5.91 Å². The lowest BCUT2D eigenvalue weighted by atomic mass is 10.0. The molecular weight excluding hydrogens is 554 g/mol. The lowest BCUT2D eigenvalue weighted by Gasteiger charge is -2.29. The SMILES string of the molecule is CC.CCCc1ccc(Oc2ccc(/C(=C\c3cc(OC)cc(OC)c3)C(=O)N(C)C)cc2)cc1.CN1CCN(C=O)CC1. The van der Waals surface area contributed by atoms with E-state index in [2.05, 4.69) is 31.0 Å². The molecule has 4 rings (SSSR count). The average molecular weight is 604 g/mol. The number of hydrogen-bond acceptors (Lipinski definition) is 6. The second-order valence-corrected chi connectivity index (χ2v) is 10.4. The van der Waals surface area contributed by atoms with Gasteiger partial charge in [0.25, 0.3) is 5.91 Å². The second kappa shape index (κ2) is 19.1. The number of amides is 2. The van der Waals surface area contributed by atoms with Gasteiger partial charge in [-0.05, 0) is 72.6 Å². The molecular formula is C36H49N3O5. The summed E-state index contributed by atoms with van der Waals surface area (Å²) in [5.74, 6) is 2.71. The summed E-state index contributed by atoms with van der Waals surface area (Å²) in [7, 11) is 8.75. The van der Waals surface area contributed by atoms with E-state index in [4.69, 9.17) is 14.2 Å². The summed E-state index contributed by atoms with van der Waals surface area (Å²) in [4.78, 5) is 28.7. The van der Waals surface area contributed by atoms with Gasteiger partial charge in [0.15, 0.2) is 0 Å². The molecule has 3 aromatic rings. The van der Waals surface area contributed by atoms with Crippen molar-refractivity contribution in [2.24, 2.45) is 0 Å². The van der Waals surface area contributed by atoms with E-state index in [0.29, 0.717) is 22.8 Å². The van der Waals surface area contributed by atoms with Crippen LogP contribution in [0, 0.1) is 0 Å². The number of carbonyl (C=O) groups excluding carboxylic acids is 2. The first-order valence-corrected chi connectivity index (χ1v) is 15.2. The first-order chi connectivity index (χ1) is 21.3. The second-order valence-electron chi connectivity index (χ2n) is 10.4. The molecule has 1 heterocycles. The quantitative estimate of drug-likeness (QED) is 0.150. The van der Waals surface area contributed by atoms with Crippen LogP contribution in [-0.2, 0) is 16.0 Å². The fraction of sp³-hybridized carbons (Fsp3) is 0.389. The van der Waals surface area contributed by atoms with Crippen LogP contribution in [0.15, 0.2) is 66.7 Å². The number of ether oxygens (including phenoxy) is 3. The average Bonchev–Trinajstić information content (AvgIpc) is 3.06. The Morgan fingerprint density at radius 2 is 1.34 bits per heavy atom. The fourth-order valence-corrected chi connectivity index (χ4v) is 4.37. The van der Waals surface area contributed by atoms with Crippen molar-refractivity contribution >= 4 is 24.0 Å². The summed E-state index contributed by atoms with van der Waals surface area (Å²) in [6.45, 7) is 9.97. The molecule has 0 atom stereocenters. The minimum atomic E-state index is -0.100. The van der Waals surface area contributed by atoms with Crippen molar-refractivity contribution in [3.63, 3.8) is 0 Å². The molecule has 3 aromatic carbocycles. The van der Waals surface area contributed by atoms with Crippen molar-refractivity contribution in [3.8, 4) is 23.0 Å². The Balaban J connectivity index is 0.000000519. The first kappa shape index (κ1) is 35.9. The zero-order valence-electron chi connectivity index (χ0n) is 27.6. The molecule has 0 radical (unpaired) electrons. The van der Waals surface area contributed by atoms with Gasteiger partial charge in [-0.25, -0.2) is 0 Å². The van der Waals surface area contributed by atoms with Gasteiger partial charge in [-0.2, -0.15) is 0 Å². The summed E-state index contributed by atoms with van der Waals surface area (Å²) < 4.78 is 16.7. The molecule has 8 nitrogen and oxygen atoms in total. The predicted octanol–water partition coefficient (Wildman–Crippen LogP) is 6.49. The van der Waals surface area contributed by atoms with E-state index in [1.54, 1.807) is 44.2 Å². The van der Waals surface area contributed by atoms with Crippen LogP contribution in [-0.4, -0.2) is 88.6 Å². The van der Waals surface area contributed by atoms with Crippen molar-refractivity contribution in [2.75, 3.05) is 61.5 Å². The molecule has 0 spiro atoms. The van der Waals surface area contributed by atoms with Crippen molar-refractivity contribution in [2.45, 2.75) is 33.6 Å². The Morgan fingerprint density at radius 1 is 0.818 bits per heavy atom. The number of benzene rings is 3. The highest BCUT2D eigenvalue weighted by molar-refractivity contribution is 6.24. The van der Waals surface area contributed by atoms with E-state index in [1.807, 2.05) is 68.5 Å². The molecule has 0 N–H and O–H groups in total. The van der Waals surface area contributed by atoms with Gasteiger partial charge in [0.1, 0.15) is 23.0 Å². The minimum Gasteiger partial charge on any atom is -0.497 e. The number of aryl methyl sites for hydroxylation is 1. The minimum absolute atomic E-state index is 0.100. The molecule has 2 amide bonds. The van der Waals surface area contributed by atoms with Crippen molar-refractivity contribution in [1.29, 1.82) is 0 Å². The van der Waals surface area contributed by atoms with Gasteiger partial charge in [0, 0.05) is 51.9 Å². The molecule has 1 fully saturated rings. The number of hydrogen-bond donors (Lipinski definition) is 0. The van der Waals surface area contributed by atoms with Crippen molar-refractivity contribution < 1.29 is 23.8 Å². The molecule has 44 heavy (non-hydrogen) atoms. The van der Waals surface area contributed by atoms with Gasteiger partial charge >= 0.3 is 0 Å². The molecule has 1 aliphatic heterocycles. The van der Waals surface area contributed by atoms with E-state index in [0.717, 1.165) is 62.3 Å². The molecule has 8 heteroatoms. The van der Waals surface area contributed by atoms with Gasteiger partial charge < -0.3 is 28.9 Å². The maximum absolute atomic E-state index is 13.0. The number of carbonyl (C=O) groups is 2. The Labute approximate surface area is 263 Å². The molecule has 0 aromatic heterocycles. The van der Waals surface area contributed by atoms with Gasteiger partial charge in [-0.3, -0.25) is 9.59 Å². The molecule has 0 bridgehead atoms. The number of piperazine rings is 1. The van der Waals surface area contributed by atoms with Crippen molar-refractivity contribution in [1.82, 2.24) is 14.7 Å². The summed E-state index contributed by atoms with van der Waals surface area (Å²) in [6, 6.07) is 21.2. The number of likely N-dealkylation sites (N-methyl/N-ethyl adjacent to an activating group) is 2. The molecule has 238 valence electrons. The zero-order chi connectivity index (χ0) is 32.5. The number of nitrogens with zero attached hydrogens (tertiary/aromatic N) is 3. The van der Waals surface area contributed by atoms with Crippen LogP contribution in [0.4, 0.5) is 0 Å². The Bertz CT molecular complexity index is 1290. The molecule has 0 saturated carbocycles. The lowest BCUT2D eigenvalue weighted by Crippen LogP contribution is -2.43. The summed E-state index contributed by atoms with van der Waals surface area (Å²) in [6.07, 6.45) is 4.94. The zero-order valence-corrected chi connectivity index (χ0v) is 27.6. The smallest absolute Gasteiger partial charge is 0.253 e. The van der Waals surface area contributed by atoms with Crippen LogP contribution in [0.25, 0.3) is 11.6 Å². The largest absolute Gasteiger partial charge is 0.497 e. The molecule has 0 aliphatic carbocycles. The highest BCUT2D eigenvalue weighted by atomic mass is 16.5. The maximum Gasteiger partial charge on any atom is 0.253 e. The summed E-state index contributed by atoms with van der Waals surface area (Å²) >= 11 is 0. The highest BCUT2D eigenvalue weighted by Crippen LogP contribution is 2.29. The standard InChI is InChI=1S/C28H31NO4.C6H12N2O.C2H6/c1-6-7-20-8-12-23(13-9-20)33-24-14-10-22(11-15-24)27(28(30)29(2)3)18-21-16-25(31-4)19-26(17-21)32-5;1-7-2-4-8(6-9)5-3-7;1-2/h8-19H,6-7H2,1-5H3;6H,2-5H2,1H3;1-2H3/b27-18+;;. The lowest BCUT2D eigenvalue weighted by molar-refractivity contribution is -0.122. The Kier molecular flexibility index (Phi) is 15.6. The Morgan fingerprint density at radius 3 is 1.80 bits per heavy atom. The van der Waals surface area contributed by atoms with E-state index >= 15 is 0 Å². The first-order valence-electron chi connectivity index (χ1n) is 15.2. The summed E-state index contributed by atoms with van der Waals surface area (Å²) in [5, 5.41) is 0. The van der Waals surface area contributed by atoms with Gasteiger partial charge in [-0.1, -0.05) is 51.5 Å². The molecule has 1 aliphatic rings. The van der Waals surface area contributed by atoms with Crippen LogP contribution < -0.4 is 14.2 Å². The third kappa shape index (κ3) is 11.4. The predicted molar refractivity (Wildman–Crippen MR) is 180 cm³/mol. The van der Waals surface area contributed by atoms with Gasteiger partial charge in [-0.15, -0.1) is 0 Å². The van der Waals surface area contributed by atoms with E-state index in [9.17, 15) is 9.59 Å². The van der Waals surface area contributed by atoms with Crippen LogP contribution in [0.1, 0.15) is 43.9 Å². The van der Waals surface area contributed by atoms with Crippen molar-refractivity contribution in [3.05, 3.63) is 83.4 Å². The van der Waals surface area contributed by atoms with Crippen LogP contribution in [0.2, 0.25) is 0 Å². The van der Waals surface area contributed by atoms with E-state index < -0.39 is 0 Å². The highest BCUT2D eigenvalue weighted by Gasteiger charge is 2.15. The Hall–Kier alpha value is -4.30. The van der Waals surface area contributed by atoms with Crippen LogP contribution >= 0.6 is 0 Å². The van der Waals surface area contributed by atoms with Crippen LogP contribution in [0.3, 0.4) is 0 Å². The normalized spacial score (nSPS) is 13.0. The topological polar surface area (TPSA) is 71.6 Å². The third-order valence-corrected chi connectivity index (χ3v) is 6.87. The number of methoxy groups -OCH3 is 2. The maximum atomic E-state index is 13.0. The van der Waals surface area contributed by atoms with Gasteiger partial charge in [0.2, 0.25) is 6.41 Å². The van der Waals surface area contributed by atoms with Gasteiger partial charge in [0.05, 0.1) is 14.2 Å². The molecule has 1 saturated heterocycles. The summed E-state index contributed by atoms with van der Waals surface area (Å²) in [5.41, 5.74) is 3.46. The third-order valence-electron chi connectivity index (χ3n) is 6.87. The monoisotopic (exact) mass is 603 g/mol. The van der Waals surface area contributed by atoms with Crippen LogP contribution in [0.5, 0.6) is 23.0 Å². The van der Waals surface area contributed by atoms with E-state index in [1.165, 1.54) is 5.56 Å².